The second-order valence-electron chi connectivity index (χ2n) is 9.33. The van der Waals surface area contributed by atoms with E-state index in [1.807, 2.05) is 70.2 Å². The second kappa shape index (κ2) is 10.9. The zero-order valence-corrected chi connectivity index (χ0v) is 25.6. The molecule has 0 radical (unpaired) electrons. The van der Waals surface area contributed by atoms with Gasteiger partial charge >= 0.3 is 213 Å². The van der Waals surface area contributed by atoms with Crippen molar-refractivity contribution in [2.45, 2.75) is 46.4 Å². The molecule has 0 fully saturated rings. The van der Waals surface area contributed by atoms with Gasteiger partial charge in [-0.15, -0.1) is 0 Å². The molecule has 0 amide bonds. The Balaban J connectivity index is 0.00000241. The molecule has 196 valence electrons. The van der Waals surface area contributed by atoms with Crippen molar-refractivity contribution in [2.24, 2.45) is 0 Å². The van der Waals surface area contributed by atoms with Crippen molar-refractivity contribution in [3.63, 3.8) is 0 Å². The zero-order chi connectivity index (χ0) is 25.8. The molecule has 0 aromatic heterocycles. The van der Waals surface area contributed by atoms with E-state index in [4.69, 9.17) is 0 Å². The van der Waals surface area contributed by atoms with E-state index in [1.54, 1.807) is 0 Å². The van der Waals surface area contributed by atoms with Crippen molar-refractivity contribution < 1.29 is 74.1 Å². The Labute approximate surface area is 236 Å². The van der Waals surface area contributed by atoms with Crippen LogP contribution in [0.15, 0.2) is 95.1 Å². The van der Waals surface area contributed by atoms with Crippen LogP contribution in [-0.2, 0) is 41.6 Å². The van der Waals surface area contributed by atoms with Crippen molar-refractivity contribution >= 4 is 0 Å². The number of rotatable bonds is 4. The maximum atomic E-state index is 13.7. The van der Waals surface area contributed by atoms with E-state index >= 15 is 0 Å². The van der Waals surface area contributed by atoms with Gasteiger partial charge in [-0.1, -0.05) is 0 Å². The van der Waals surface area contributed by atoms with Crippen LogP contribution in [0.2, 0.25) is 0 Å². The van der Waals surface area contributed by atoms with Crippen molar-refractivity contribution in [3.05, 3.63) is 117 Å². The average Bonchev–Trinajstić information content (AvgIpc) is 3.22. The predicted octanol–water partition coefficient (Wildman–Crippen LogP) is 2.72. The van der Waals surface area contributed by atoms with Gasteiger partial charge in [-0.2, -0.15) is 0 Å². The first-order valence-corrected chi connectivity index (χ1v) is 14.7. The number of allylic oxidation sites excluding steroid dienone is 8. The first kappa shape index (κ1) is 31.6. The Morgan fingerprint density at radius 1 is 0.541 bits per heavy atom. The van der Waals surface area contributed by atoms with Gasteiger partial charge in [-0.25, -0.2) is 0 Å². The van der Waals surface area contributed by atoms with Crippen LogP contribution in [0.5, 0.6) is 0 Å². The summed E-state index contributed by atoms with van der Waals surface area (Å²) >= 11 is -2.25. The number of hydrogen-bond acceptors (Lipinski definition) is 0. The molecule has 0 saturated heterocycles. The number of benzene rings is 2. The van der Waals surface area contributed by atoms with Crippen molar-refractivity contribution in [2.75, 3.05) is 0 Å². The molecule has 0 bridgehead atoms. The van der Waals surface area contributed by atoms with Gasteiger partial charge in [0.2, 0.25) is 0 Å². The molecule has 2 aromatic rings. The van der Waals surface area contributed by atoms with E-state index in [2.05, 4.69) is 12.2 Å². The minimum atomic E-state index is -4.89. The van der Waals surface area contributed by atoms with Gasteiger partial charge in [-0.3, -0.25) is 0 Å². The summed E-state index contributed by atoms with van der Waals surface area (Å²) < 4.78 is 81.0. The molecule has 0 unspecified atom stereocenters. The third-order valence-corrected chi connectivity index (χ3v) is 13.9. The first-order chi connectivity index (χ1) is 16.2. The van der Waals surface area contributed by atoms with E-state index in [1.165, 1.54) is 0 Å². The van der Waals surface area contributed by atoms with Crippen LogP contribution in [0.25, 0.3) is 0 Å². The topological polar surface area (TPSA) is 0 Å². The number of alkyl halides is 6. The molecule has 2 aliphatic rings. The van der Waals surface area contributed by atoms with Crippen molar-refractivity contribution in [3.8, 4) is 0 Å². The summed E-state index contributed by atoms with van der Waals surface area (Å²) in [6.07, 6.45) is -1.67. The molecule has 0 spiro atoms. The predicted molar refractivity (Wildman–Crippen MR) is 121 cm³/mol. The molecule has 0 nitrogen and oxygen atoms in total. The third kappa shape index (κ3) is 6.20. The fourth-order valence-electron chi connectivity index (χ4n) is 4.78. The van der Waals surface area contributed by atoms with E-state index < -0.39 is 52.7 Å². The maximum absolute atomic E-state index is 13.7. The summed E-state index contributed by atoms with van der Waals surface area (Å²) in [5.41, 5.74) is 2.47. The van der Waals surface area contributed by atoms with Crippen LogP contribution in [-0.4, -0.2) is 0 Å². The van der Waals surface area contributed by atoms with Crippen molar-refractivity contribution in [1.29, 1.82) is 0 Å². The monoisotopic (exact) mass is 724 g/mol. The van der Waals surface area contributed by atoms with E-state index in [-0.39, 0.29) is 36.4 Å². The van der Waals surface area contributed by atoms with Gasteiger partial charge in [-0.05, 0) is 0 Å². The normalized spacial score (nSPS) is 18.0. The van der Waals surface area contributed by atoms with Gasteiger partial charge in [0.1, 0.15) is 0 Å². The summed E-state index contributed by atoms with van der Waals surface area (Å²) in [6, 6.07) is 11.8. The molecule has 9 heteroatoms. The molecule has 4 rings (SSSR count). The molecule has 0 saturated carbocycles. The van der Waals surface area contributed by atoms with E-state index in [0.29, 0.717) is 0 Å². The molecule has 0 aliphatic heterocycles. The smallest absolute Gasteiger partial charge is 1.00 e. The second-order valence-corrected chi connectivity index (χ2v) is 16.2. The van der Waals surface area contributed by atoms with E-state index in [0.717, 1.165) is 40.0 Å². The Hall–Kier alpha value is -1.57. The molecule has 0 heterocycles. The molecule has 2 aromatic carbocycles. The first-order valence-electron chi connectivity index (χ1n) is 11.1. The van der Waals surface area contributed by atoms with Gasteiger partial charge < -0.3 is 24.8 Å². The maximum Gasteiger partial charge on any atom is -1.00 e. The Kier molecular flexibility index (Phi) is 9.32. The average molecular weight is 724 g/mol. The summed E-state index contributed by atoms with van der Waals surface area (Å²) in [7, 11) is 0. The fraction of sp³-hybridized carbons (Fsp3) is 0.286. The molecular weight excluding hydrogens is 700 g/mol. The van der Waals surface area contributed by atoms with E-state index in [9.17, 15) is 26.3 Å². The Morgan fingerprint density at radius 3 is 1.24 bits per heavy atom. The van der Waals surface area contributed by atoms with Gasteiger partial charge in [0.05, 0.1) is 0 Å². The largest absolute Gasteiger partial charge is 1.00 e. The molecule has 0 N–H and O–H groups in total. The van der Waals surface area contributed by atoms with Gasteiger partial charge in [0.25, 0.3) is 0 Å². The van der Waals surface area contributed by atoms with Gasteiger partial charge in [0, 0.05) is 0 Å². The zero-order valence-electron chi connectivity index (χ0n) is 20.5. The molecule has 0 atom stereocenters. The minimum absolute atomic E-state index is 0. The summed E-state index contributed by atoms with van der Waals surface area (Å²) in [6.45, 7) is 7.72. The van der Waals surface area contributed by atoms with Crippen molar-refractivity contribution in [1.82, 2.24) is 0 Å². The molecule has 37 heavy (non-hydrogen) atoms. The summed E-state index contributed by atoms with van der Waals surface area (Å²) in [5, 5.41) is 0. The number of hydrogen-bond donors (Lipinski definition) is 0. The molecule has 2 aliphatic carbocycles. The van der Waals surface area contributed by atoms with Crippen LogP contribution < -0.4 is 24.8 Å². The Morgan fingerprint density at radius 2 is 0.892 bits per heavy atom. The SMILES string of the molecule is CC1=C[C]([Hf+2][C]2(c3cc(C(F)(F)F)cc(C(F)(F)F)c3)C=C(C)C(C)=C2)(c2ccccc2)C=C1C.[Cl-].[Cl-]. The molecular formula is C28H24Cl2F6Hf. The Bertz CT molecular complexity index is 1220. The quantitative estimate of drug-likeness (QED) is 0.337. The van der Waals surface area contributed by atoms with Crippen LogP contribution >= 0.6 is 0 Å². The van der Waals surface area contributed by atoms with Crippen LogP contribution in [0.4, 0.5) is 26.3 Å². The van der Waals surface area contributed by atoms with Crippen LogP contribution in [0.3, 0.4) is 0 Å². The minimum Gasteiger partial charge on any atom is -1.00 e. The van der Waals surface area contributed by atoms with Gasteiger partial charge in [0.15, 0.2) is 0 Å². The van der Waals surface area contributed by atoms with Crippen LogP contribution in [0.1, 0.15) is 49.9 Å². The summed E-state index contributed by atoms with van der Waals surface area (Å²) in [5.74, 6) is 0. The number of halogens is 8. The van der Waals surface area contributed by atoms with Crippen LogP contribution in [0, 0.1) is 0 Å². The third-order valence-electron chi connectivity index (χ3n) is 6.75. The standard InChI is InChI=1S/C15H11F6.C13H13.2ClH.Hf/c1-8-3-10(4-9(8)2)11-5-12(14(16,17)18)7-13(6-11)15(19,20)21;1-10-8-13(9-11(10)2)12-6-4-3-5-7-12;;;/h3-7H,1-2H3;3-9H,1-2H3;2*1H;/q;;;;+2/p-2. The summed E-state index contributed by atoms with van der Waals surface area (Å²) in [4.78, 5) is 0. The fourth-order valence-corrected chi connectivity index (χ4v) is 13.5.